The molecule has 0 aliphatic carbocycles. The molecule has 50 valence electrons. The summed E-state index contributed by atoms with van der Waals surface area (Å²) in [5.74, 6) is 3.17. The molecule has 0 radical (unpaired) electrons. The van der Waals surface area contributed by atoms with Gasteiger partial charge in [0.1, 0.15) is 0 Å². The van der Waals surface area contributed by atoms with E-state index in [4.69, 9.17) is 0 Å². The van der Waals surface area contributed by atoms with Crippen molar-refractivity contribution >= 4 is 7.92 Å². The third-order valence-electron chi connectivity index (χ3n) is 1.52. The highest BCUT2D eigenvalue weighted by Crippen LogP contribution is 2.41. The fraction of sp³-hybridized carbons (Fsp3) is 0.750. The maximum atomic E-state index is 3.35. The van der Waals surface area contributed by atoms with E-state index in [0.717, 1.165) is 6.42 Å². The van der Waals surface area contributed by atoms with Gasteiger partial charge >= 0.3 is 0 Å². The summed E-state index contributed by atoms with van der Waals surface area (Å²) in [4.78, 5) is 0. The lowest BCUT2D eigenvalue weighted by atomic mass is 10.4. The Kier molecular flexibility index (Phi) is 3.09. The summed E-state index contributed by atoms with van der Waals surface area (Å²) >= 11 is 0. The zero-order valence-electron chi connectivity index (χ0n) is 5.98. The summed E-state index contributed by atoms with van der Waals surface area (Å²) < 4.78 is 0. The number of hydrogen-bond donors (Lipinski definition) is 0. The van der Waals surface area contributed by atoms with Gasteiger partial charge in [-0.25, -0.2) is 0 Å². The van der Waals surface area contributed by atoms with Crippen molar-refractivity contribution < 1.29 is 0 Å². The van der Waals surface area contributed by atoms with Gasteiger partial charge in [0, 0.05) is 6.42 Å². The molecule has 0 aromatic heterocycles. The Bertz CT molecular complexity index is 123. The Labute approximate surface area is 58.8 Å². The first-order valence-corrected chi connectivity index (χ1v) is 5.38. The second kappa shape index (κ2) is 3.91. The molecule has 1 heteroatoms. The van der Waals surface area contributed by atoms with Crippen LogP contribution in [0.25, 0.3) is 0 Å². The molecule has 1 saturated heterocycles. The highest BCUT2D eigenvalue weighted by molar-refractivity contribution is 7.63. The fourth-order valence-electron chi connectivity index (χ4n) is 1.02. The van der Waals surface area contributed by atoms with E-state index < -0.39 is 0 Å². The van der Waals surface area contributed by atoms with Crippen molar-refractivity contribution in [3.8, 4) is 11.6 Å². The van der Waals surface area contributed by atoms with Gasteiger partial charge in [-0.15, -0.1) is 0 Å². The number of rotatable bonds is 0. The molecule has 1 rings (SSSR count). The molecule has 0 spiro atoms. The zero-order chi connectivity index (χ0) is 6.53. The maximum absolute atomic E-state index is 3.35. The van der Waals surface area contributed by atoms with Crippen LogP contribution in [0.5, 0.6) is 0 Å². The minimum absolute atomic E-state index is 0.188. The minimum Gasteiger partial charge on any atom is -0.0990 e. The maximum Gasteiger partial charge on any atom is 0.00637 e. The topological polar surface area (TPSA) is 0 Å². The molecule has 1 aliphatic rings. The van der Waals surface area contributed by atoms with Crippen LogP contribution in [0.4, 0.5) is 0 Å². The van der Waals surface area contributed by atoms with Crippen molar-refractivity contribution in [2.75, 3.05) is 12.3 Å². The number of hydrogen-bond acceptors (Lipinski definition) is 0. The first kappa shape index (κ1) is 7.10. The van der Waals surface area contributed by atoms with Crippen LogP contribution in [0.15, 0.2) is 0 Å². The lowest BCUT2D eigenvalue weighted by molar-refractivity contribution is 0.949. The highest BCUT2D eigenvalue weighted by Gasteiger charge is 2.10. The van der Waals surface area contributed by atoms with Gasteiger partial charge in [0.25, 0.3) is 0 Å². The van der Waals surface area contributed by atoms with E-state index in [1.54, 1.807) is 0 Å². The van der Waals surface area contributed by atoms with Gasteiger partial charge in [0.15, 0.2) is 0 Å². The van der Waals surface area contributed by atoms with Crippen LogP contribution >= 0.6 is 7.92 Å². The quantitative estimate of drug-likeness (QED) is 0.358. The lowest BCUT2D eigenvalue weighted by Gasteiger charge is -1.94. The van der Waals surface area contributed by atoms with E-state index in [1.165, 1.54) is 25.2 Å². The van der Waals surface area contributed by atoms with E-state index in [-0.39, 0.29) is 7.92 Å². The van der Waals surface area contributed by atoms with Gasteiger partial charge in [-0.1, -0.05) is 18.5 Å². The molecule has 0 aromatic carbocycles. The molecule has 1 fully saturated rings. The van der Waals surface area contributed by atoms with Crippen LogP contribution in [0, 0.1) is 11.6 Å². The molecule has 0 aromatic rings. The van der Waals surface area contributed by atoms with Gasteiger partial charge < -0.3 is 0 Å². The van der Waals surface area contributed by atoms with Crippen LogP contribution in [-0.4, -0.2) is 12.3 Å². The summed E-state index contributed by atoms with van der Waals surface area (Å²) in [6.45, 7) is 2.12. The molecule has 0 unspecified atom stereocenters. The summed E-state index contributed by atoms with van der Waals surface area (Å²) in [6, 6.07) is 0. The van der Waals surface area contributed by atoms with Crippen LogP contribution < -0.4 is 0 Å². The predicted molar refractivity (Wildman–Crippen MR) is 44.0 cm³/mol. The summed E-state index contributed by atoms with van der Waals surface area (Å²) in [5, 5.41) is 0. The van der Waals surface area contributed by atoms with E-state index in [1.807, 2.05) is 0 Å². The van der Waals surface area contributed by atoms with Gasteiger partial charge in [0.2, 0.25) is 0 Å². The Balaban J connectivity index is 2.26. The molecule has 0 bridgehead atoms. The molecule has 0 amide bonds. The molecule has 0 N–H and O–H groups in total. The monoisotopic (exact) mass is 140 g/mol. The second-order valence-corrected chi connectivity index (χ2v) is 4.53. The first-order valence-electron chi connectivity index (χ1n) is 3.67. The largest absolute Gasteiger partial charge is 0.0990 e. The molecule has 0 atom stereocenters. The zero-order valence-corrected chi connectivity index (χ0v) is 6.88. The molecule has 9 heavy (non-hydrogen) atoms. The lowest BCUT2D eigenvalue weighted by Crippen LogP contribution is -1.68. The third-order valence-corrected chi connectivity index (χ3v) is 3.71. The van der Waals surface area contributed by atoms with Crippen LogP contribution in [0.1, 0.15) is 26.2 Å². The van der Waals surface area contributed by atoms with Crippen molar-refractivity contribution in [1.82, 2.24) is 0 Å². The Hall–Kier alpha value is -0.0100. The van der Waals surface area contributed by atoms with Crippen molar-refractivity contribution in [1.29, 1.82) is 0 Å². The smallest absolute Gasteiger partial charge is 0.00637 e. The van der Waals surface area contributed by atoms with E-state index in [9.17, 15) is 0 Å². The van der Waals surface area contributed by atoms with E-state index in [2.05, 4.69) is 18.5 Å². The van der Waals surface area contributed by atoms with Gasteiger partial charge in [-0.3, -0.25) is 0 Å². The fourth-order valence-corrected chi connectivity index (χ4v) is 3.06. The van der Waals surface area contributed by atoms with Crippen molar-refractivity contribution in [2.24, 2.45) is 0 Å². The Morgan fingerprint density at radius 1 is 1.33 bits per heavy atom. The Morgan fingerprint density at radius 3 is 2.56 bits per heavy atom. The second-order valence-electron chi connectivity index (χ2n) is 2.34. The molecular weight excluding hydrogens is 127 g/mol. The molecule has 0 nitrogen and oxygen atoms in total. The standard InChI is InChI=1S/C8H13P/c1-2-3-6-9-7-4-5-8-9/h2,4-5,7-8H2,1H3. The van der Waals surface area contributed by atoms with Crippen molar-refractivity contribution in [3.63, 3.8) is 0 Å². The highest BCUT2D eigenvalue weighted by atomic mass is 31.1. The summed E-state index contributed by atoms with van der Waals surface area (Å²) in [7, 11) is 0.188. The van der Waals surface area contributed by atoms with Crippen LogP contribution in [0.2, 0.25) is 0 Å². The predicted octanol–water partition coefficient (Wildman–Crippen LogP) is 2.63. The van der Waals surface area contributed by atoms with E-state index in [0.29, 0.717) is 0 Å². The summed E-state index contributed by atoms with van der Waals surface area (Å²) in [6.07, 6.45) is 6.75. The van der Waals surface area contributed by atoms with Crippen molar-refractivity contribution in [3.05, 3.63) is 0 Å². The average Bonchev–Trinajstić information content (AvgIpc) is 2.34. The summed E-state index contributed by atoms with van der Waals surface area (Å²) in [5.41, 5.74) is 3.35. The normalized spacial score (nSPS) is 19.2. The molecule has 0 saturated carbocycles. The van der Waals surface area contributed by atoms with Crippen LogP contribution in [0.3, 0.4) is 0 Å². The van der Waals surface area contributed by atoms with Gasteiger partial charge in [-0.05, 0) is 33.1 Å². The molecule has 1 aliphatic heterocycles. The molecule has 1 heterocycles. The average molecular weight is 140 g/mol. The molecular formula is C8H13P. The van der Waals surface area contributed by atoms with Crippen molar-refractivity contribution in [2.45, 2.75) is 26.2 Å². The first-order chi connectivity index (χ1) is 4.43. The van der Waals surface area contributed by atoms with Gasteiger partial charge in [-0.2, -0.15) is 0 Å². The van der Waals surface area contributed by atoms with E-state index >= 15 is 0 Å². The van der Waals surface area contributed by atoms with Crippen LogP contribution in [-0.2, 0) is 0 Å². The third kappa shape index (κ3) is 2.37. The van der Waals surface area contributed by atoms with Gasteiger partial charge in [0.05, 0.1) is 0 Å². The SMILES string of the molecule is CCC#CP1CCCC1. The Morgan fingerprint density at radius 2 is 2.00 bits per heavy atom. The minimum atomic E-state index is 0.188.